The predicted octanol–water partition coefficient (Wildman–Crippen LogP) is 0.862. The summed E-state index contributed by atoms with van der Waals surface area (Å²) < 4.78 is 1.85. The summed E-state index contributed by atoms with van der Waals surface area (Å²) in [5.41, 5.74) is 12.7. The Morgan fingerprint density at radius 3 is 2.69 bits per heavy atom. The summed E-state index contributed by atoms with van der Waals surface area (Å²) in [6.07, 6.45) is 3.50. The van der Waals surface area contributed by atoms with Crippen LogP contribution in [0.2, 0.25) is 0 Å². The molecule has 1 amide bonds. The van der Waals surface area contributed by atoms with E-state index in [1.807, 2.05) is 17.7 Å². The number of carbonyl (C=O) groups is 1. The van der Waals surface area contributed by atoms with E-state index in [0.717, 1.165) is 11.5 Å². The number of primary amides is 1. The second kappa shape index (κ2) is 3.69. The van der Waals surface area contributed by atoms with Crippen LogP contribution in [0.15, 0.2) is 30.6 Å². The molecule has 0 aliphatic heterocycles. The normalized spacial score (nSPS) is 10.3. The van der Waals surface area contributed by atoms with Crippen molar-refractivity contribution in [2.24, 2.45) is 5.73 Å². The fraction of sp³-hybridized carbons (Fsp3) is 0.0909. The number of amides is 1. The maximum atomic E-state index is 11.0. The molecular formula is C11H12N4O. The monoisotopic (exact) mass is 216 g/mol. The van der Waals surface area contributed by atoms with Crippen LogP contribution >= 0.6 is 0 Å². The molecule has 0 atom stereocenters. The average Bonchev–Trinajstić information content (AvgIpc) is 2.64. The van der Waals surface area contributed by atoms with Gasteiger partial charge in [0.15, 0.2) is 0 Å². The number of imidazole rings is 1. The van der Waals surface area contributed by atoms with Gasteiger partial charge in [0.05, 0.1) is 11.4 Å². The number of benzene rings is 1. The number of aryl methyl sites for hydroxylation is 1. The number of hydrogen-bond acceptors (Lipinski definition) is 3. The molecule has 1 heterocycles. The molecule has 0 bridgehead atoms. The standard InChI is InChI=1S/C11H12N4O/c1-7-14-4-5-15(7)10-3-2-8(11(13)16)6-9(10)12/h2-6H,12H2,1H3,(H2,13,16). The molecule has 2 aromatic rings. The van der Waals surface area contributed by atoms with Crippen molar-refractivity contribution in [3.05, 3.63) is 42.0 Å². The van der Waals surface area contributed by atoms with Crippen molar-refractivity contribution < 1.29 is 4.79 Å². The summed E-state index contributed by atoms with van der Waals surface area (Å²) in [6.45, 7) is 1.88. The van der Waals surface area contributed by atoms with E-state index in [4.69, 9.17) is 11.5 Å². The van der Waals surface area contributed by atoms with Gasteiger partial charge in [-0.25, -0.2) is 4.98 Å². The van der Waals surface area contributed by atoms with Gasteiger partial charge in [-0.2, -0.15) is 0 Å². The van der Waals surface area contributed by atoms with Gasteiger partial charge in [-0.15, -0.1) is 0 Å². The Labute approximate surface area is 92.7 Å². The fourth-order valence-corrected chi connectivity index (χ4v) is 1.56. The molecular weight excluding hydrogens is 204 g/mol. The highest BCUT2D eigenvalue weighted by atomic mass is 16.1. The molecule has 0 unspecified atom stereocenters. The zero-order chi connectivity index (χ0) is 11.7. The molecule has 5 nitrogen and oxygen atoms in total. The molecule has 0 radical (unpaired) electrons. The van der Waals surface area contributed by atoms with E-state index in [-0.39, 0.29) is 0 Å². The van der Waals surface area contributed by atoms with Crippen LogP contribution in [-0.2, 0) is 0 Å². The van der Waals surface area contributed by atoms with Crippen LogP contribution in [0.1, 0.15) is 16.2 Å². The summed E-state index contributed by atoms with van der Waals surface area (Å²) in [7, 11) is 0. The Bertz CT molecular complexity index is 545. The molecule has 1 aromatic heterocycles. The van der Waals surface area contributed by atoms with E-state index in [9.17, 15) is 4.79 Å². The lowest BCUT2D eigenvalue weighted by molar-refractivity contribution is 0.100. The molecule has 0 aliphatic carbocycles. The maximum absolute atomic E-state index is 11.0. The van der Waals surface area contributed by atoms with Gasteiger partial charge in [0.25, 0.3) is 0 Å². The minimum absolute atomic E-state index is 0.402. The minimum atomic E-state index is -0.486. The number of nitrogens with two attached hydrogens (primary N) is 2. The Morgan fingerprint density at radius 1 is 1.44 bits per heavy atom. The fourth-order valence-electron chi connectivity index (χ4n) is 1.56. The molecule has 0 saturated carbocycles. The second-order valence-corrected chi connectivity index (χ2v) is 3.48. The average molecular weight is 216 g/mol. The molecule has 0 aliphatic rings. The lowest BCUT2D eigenvalue weighted by Gasteiger charge is -2.09. The smallest absolute Gasteiger partial charge is 0.248 e. The number of nitrogen functional groups attached to an aromatic ring is 1. The molecule has 0 spiro atoms. The molecule has 2 rings (SSSR count). The summed E-state index contributed by atoms with van der Waals surface area (Å²) in [5, 5.41) is 0. The molecule has 1 aromatic carbocycles. The maximum Gasteiger partial charge on any atom is 0.248 e. The third-order valence-corrected chi connectivity index (χ3v) is 2.40. The topological polar surface area (TPSA) is 86.9 Å². The van der Waals surface area contributed by atoms with Gasteiger partial charge in [0.2, 0.25) is 5.91 Å². The van der Waals surface area contributed by atoms with Crippen molar-refractivity contribution in [3.8, 4) is 5.69 Å². The van der Waals surface area contributed by atoms with E-state index < -0.39 is 5.91 Å². The SMILES string of the molecule is Cc1nccn1-c1ccc(C(N)=O)cc1N. The number of nitrogens with zero attached hydrogens (tertiary/aromatic N) is 2. The number of aromatic nitrogens is 2. The molecule has 16 heavy (non-hydrogen) atoms. The van der Waals surface area contributed by atoms with Crippen molar-refractivity contribution in [1.82, 2.24) is 9.55 Å². The summed E-state index contributed by atoms with van der Waals surface area (Å²) in [4.78, 5) is 15.1. The van der Waals surface area contributed by atoms with Crippen molar-refractivity contribution in [1.29, 1.82) is 0 Å². The van der Waals surface area contributed by atoms with Crippen molar-refractivity contribution in [2.75, 3.05) is 5.73 Å². The van der Waals surface area contributed by atoms with Crippen LogP contribution in [-0.4, -0.2) is 15.5 Å². The van der Waals surface area contributed by atoms with E-state index in [0.29, 0.717) is 11.3 Å². The lowest BCUT2D eigenvalue weighted by Crippen LogP contribution is -2.12. The summed E-state index contributed by atoms with van der Waals surface area (Å²) >= 11 is 0. The zero-order valence-corrected chi connectivity index (χ0v) is 8.84. The summed E-state index contributed by atoms with van der Waals surface area (Å²) in [5.74, 6) is 0.346. The number of hydrogen-bond donors (Lipinski definition) is 2. The first-order valence-electron chi connectivity index (χ1n) is 4.79. The van der Waals surface area contributed by atoms with Crippen LogP contribution in [0.4, 0.5) is 5.69 Å². The van der Waals surface area contributed by atoms with Gasteiger partial charge in [0, 0.05) is 18.0 Å². The van der Waals surface area contributed by atoms with Gasteiger partial charge in [-0.05, 0) is 25.1 Å². The van der Waals surface area contributed by atoms with Crippen LogP contribution < -0.4 is 11.5 Å². The van der Waals surface area contributed by atoms with Gasteiger partial charge in [-0.1, -0.05) is 0 Å². The van der Waals surface area contributed by atoms with E-state index in [1.54, 1.807) is 24.4 Å². The Balaban J connectivity index is 2.52. The quantitative estimate of drug-likeness (QED) is 0.730. The Kier molecular flexibility index (Phi) is 2.36. The highest BCUT2D eigenvalue weighted by Gasteiger charge is 2.07. The number of anilines is 1. The van der Waals surface area contributed by atoms with Crippen LogP contribution in [0.3, 0.4) is 0 Å². The van der Waals surface area contributed by atoms with Crippen molar-refractivity contribution in [3.63, 3.8) is 0 Å². The largest absolute Gasteiger partial charge is 0.397 e. The first-order chi connectivity index (χ1) is 7.59. The molecule has 0 fully saturated rings. The van der Waals surface area contributed by atoms with Gasteiger partial charge < -0.3 is 16.0 Å². The highest BCUT2D eigenvalue weighted by Crippen LogP contribution is 2.19. The molecule has 4 N–H and O–H groups in total. The lowest BCUT2D eigenvalue weighted by atomic mass is 10.1. The summed E-state index contributed by atoms with van der Waals surface area (Å²) in [6, 6.07) is 4.97. The zero-order valence-electron chi connectivity index (χ0n) is 8.84. The van der Waals surface area contributed by atoms with Crippen molar-refractivity contribution in [2.45, 2.75) is 6.92 Å². The predicted molar refractivity (Wildman–Crippen MR) is 61.2 cm³/mol. The van der Waals surface area contributed by atoms with Gasteiger partial charge >= 0.3 is 0 Å². The van der Waals surface area contributed by atoms with Crippen molar-refractivity contribution >= 4 is 11.6 Å². The van der Waals surface area contributed by atoms with E-state index >= 15 is 0 Å². The first kappa shape index (κ1) is 10.2. The third kappa shape index (κ3) is 1.63. The van der Waals surface area contributed by atoms with Gasteiger partial charge in [-0.3, -0.25) is 4.79 Å². The number of rotatable bonds is 2. The third-order valence-electron chi connectivity index (χ3n) is 2.40. The molecule has 0 saturated heterocycles. The molecule has 5 heteroatoms. The van der Waals surface area contributed by atoms with Crippen LogP contribution in [0, 0.1) is 6.92 Å². The van der Waals surface area contributed by atoms with E-state index in [2.05, 4.69) is 4.98 Å². The highest BCUT2D eigenvalue weighted by molar-refractivity contribution is 5.94. The van der Waals surface area contributed by atoms with Gasteiger partial charge in [0.1, 0.15) is 5.82 Å². The second-order valence-electron chi connectivity index (χ2n) is 3.48. The van der Waals surface area contributed by atoms with Crippen LogP contribution in [0.25, 0.3) is 5.69 Å². The van der Waals surface area contributed by atoms with Crippen LogP contribution in [0.5, 0.6) is 0 Å². The minimum Gasteiger partial charge on any atom is -0.397 e. The Morgan fingerprint density at radius 2 is 2.19 bits per heavy atom. The Hall–Kier alpha value is -2.30. The van der Waals surface area contributed by atoms with E-state index in [1.165, 1.54) is 0 Å². The first-order valence-corrected chi connectivity index (χ1v) is 4.79. The number of carbonyl (C=O) groups excluding carboxylic acids is 1. The molecule has 82 valence electrons.